The second kappa shape index (κ2) is 11.6. The van der Waals surface area contributed by atoms with Gasteiger partial charge in [-0.15, -0.1) is 0 Å². The minimum absolute atomic E-state index is 0.102. The normalized spacial score (nSPS) is 19.0. The van der Waals surface area contributed by atoms with Crippen molar-refractivity contribution in [1.82, 2.24) is 19.6 Å². The second-order valence-electron chi connectivity index (χ2n) is 10.1. The molecule has 2 unspecified atom stereocenters. The van der Waals surface area contributed by atoms with Crippen LogP contribution < -0.4 is 5.73 Å². The van der Waals surface area contributed by atoms with E-state index in [4.69, 9.17) is 10.8 Å². The van der Waals surface area contributed by atoms with Crippen molar-refractivity contribution in [1.29, 1.82) is 0 Å². The first-order valence-electron chi connectivity index (χ1n) is 12.7. The Hall–Kier alpha value is -3.70. The first kappa shape index (κ1) is 28.3. The molecule has 2 aliphatic heterocycles. The van der Waals surface area contributed by atoms with Crippen LogP contribution in [0, 0.1) is 25.7 Å². The lowest BCUT2D eigenvalue weighted by atomic mass is 10.0. The molecule has 0 spiro atoms. The number of rotatable bonds is 5. The van der Waals surface area contributed by atoms with Gasteiger partial charge in [-0.1, -0.05) is 42.0 Å². The molecular weight excluding hydrogens is 511 g/mol. The number of para-hydroxylation sites is 1. The molecule has 0 radical (unpaired) electrons. The van der Waals surface area contributed by atoms with Crippen LogP contribution in [0.5, 0.6) is 0 Å². The van der Waals surface area contributed by atoms with Crippen molar-refractivity contribution < 1.29 is 27.9 Å². The van der Waals surface area contributed by atoms with E-state index in [2.05, 4.69) is 42.0 Å². The number of aromatic carboxylic acids is 1. The highest BCUT2D eigenvalue weighted by molar-refractivity contribution is 5.89. The predicted molar refractivity (Wildman–Crippen MR) is 139 cm³/mol. The number of fused-ring (bicyclic) bond motifs is 1. The lowest BCUT2D eigenvalue weighted by Crippen LogP contribution is -2.36. The number of aromatic nitrogens is 2. The predicted octanol–water partition coefficient (Wildman–Crippen LogP) is 3.74. The number of carboxylic acids is 1. The van der Waals surface area contributed by atoms with Crippen LogP contribution in [0.25, 0.3) is 5.69 Å². The molecule has 0 bridgehead atoms. The van der Waals surface area contributed by atoms with Crippen LogP contribution >= 0.6 is 0 Å². The number of aryl methyl sites for hydroxylation is 2. The molecule has 8 nitrogen and oxygen atoms in total. The van der Waals surface area contributed by atoms with Crippen molar-refractivity contribution in [3.05, 3.63) is 82.7 Å². The summed E-state index contributed by atoms with van der Waals surface area (Å²) in [6, 6.07) is 14.2. The van der Waals surface area contributed by atoms with Crippen LogP contribution in [0.4, 0.5) is 13.2 Å². The van der Waals surface area contributed by atoms with Gasteiger partial charge in [0.05, 0.1) is 18.4 Å². The van der Waals surface area contributed by atoms with Crippen LogP contribution in [0.1, 0.15) is 32.7 Å². The maximum atomic E-state index is 12.9. The van der Waals surface area contributed by atoms with E-state index in [0.29, 0.717) is 22.7 Å². The summed E-state index contributed by atoms with van der Waals surface area (Å²) < 4.78 is 39.2. The van der Waals surface area contributed by atoms with Crippen molar-refractivity contribution in [3.63, 3.8) is 0 Å². The molecule has 1 amide bonds. The van der Waals surface area contributed by atoms with Crippen LogP contribution in [0.15, 0.2) is 54.7 Å². The van der Waals surface area contributed by atoms with Crippen LogP contribution in [-0.4, -0.2) is 69.3 Å². The topological polar surface area (TPSA) is 105 Å². The molecule has 1 aromatic heterocycles. The Morgan fingerprint density at radius 3 is 2.21 bits per heavy atom. The number of hydrogen-bond donors (Lipinski definition) is 2. The number of benzene rings is 2. The van der Waals surface area contributed by atoms with E-state index in [1.807, 2.05) is 4.90 Å². The summed E-state index contributed by atoms with van der Waals surface area (Å²) in [5, 5.41) is 12.2. The van der Waals surface area contributed by atoms with E-state index < -0.39 is 23.4 Å². The SMILES string of the molecule is Cc1ccc(CN2CC3CN(C(=O)CN)CC3C2)c(C)c1.O=C(O)c1cnn(-c2ccccc2)c1C(F)(F)F. The lowest BCUT2D eigenvalue weighted by Gasteiger charge is -2.22. The number of alkyl halides is 3. The molecule has 39 heavy (non-hydrogen) atoms. The number of carboxylic acid groups (broad SMARTS) is 1. The third kappa shape index (κ3) is 6.48. The zero-order valence-corrected chi connectivity index (χ0v) is 21.9. The number of carbonyl (C=O) groups is 2. The van der Waals surface area contributed by atoms with Crippen molar-refractivity contribution in [3.8, 4) is 5.69 Å². The number of halogens is 3. The lowest BCUT2D eigenvalue weighted by molar-refractivity contribution is -0.143. The molecule has 2 atom stereocenters. The fraction of sp³-hybridized carbons (Fsp3) is 0.393. The minimum atomic E-state index is -4.79. The van der Waals surface area contributed by atoms with Gasteiger partial charge in [-0.05, 0) is 48.9 Å². The Bertz CT molecular complexity index is 1310. The van der Waals surface area contributed by atoms with E-state index in [1.165, 1.54) is 41.0 Å². The van der Waals surface area contributed by atoms with Crippen LogP contribution in [-0.2, 0) is 17.5 Å². The molecule has 208 valence electrons. The molecule has 2 aliphatic rings. The molecule has 0 aliphatic carbocycles. The molecule has 2 saturated heterocycles. The second-order valence-corrected chi connectivity index (χ2v) is 10.1. The molecule has 3 N–H and O–H groups in total. The van der Waals surface area contributed by atoms with Gasteiger partial charge in [-0.25, -0.2) is 9.48 Å². The minimum Gasteiger partial charge on any atom is -0.478 e. The van der Waals surface area contributed by atoms with Crippen LogP contribution in [0.3, 0.4) is 0 Å². The Labute approximate surface area is 224 Å². The van der Waals surface area contributed by atoms with Gasteiger partial charge in [0.25, 0.3) is 0 Å². The number of nitrogens with zero attached hydrogens (tertiary/aromatic N) is 4. The van der Waals surface area contributed by atoms with Crippen molar-refractivity contribution >= 4 is 11.9 Å². The van der Waals surface area contributed by atoms with E-state index in [1.54, 1.807) is 6.07 Å². The third-order valence-corrected chi connectivity index (χ3v) is 7.25. The van der Waals surface area contributed by atoms with E-state index in [9.17, 15) is 22.8 Å². The van der Waals surface area contributed by atoms with Gasteiger partial charge in [-0.3, -0.25) is 9.69 Å². The molecular formula is C28H32F3N5O3. The zero-order chi connectivity index (χ0) is 28.3. The summed E-state index contributed by atoms with van der Waals surface area (Å²) in [6.45, 7) is 9.50. The van der Waals surface area contributed by atoms with E-state index >= 15 is 0 Å². The maximum absolute atomic E-state index is 12.9. The summed E-state index contributed by atoms with van der Waals surface area (Å²) in [4.78, 5) is 26.9. The molecule has 5 rings (SSSR count). The van der Waals surface area contributed by atoms with Crippen molar-refractivity contribution in [2.24, 2.45) is 17.6 Å². The van der Waals surface area contributed by atoms with E-state index in [-0.39, 0.29) is 18.1 Å². The summed E-state index contributed by atoms with van der Waals surface area (Å²) in [5.41, 5.74) is 7.58. The summed E-state index contributed by atoms with van der Waals surface area (Å²) >= 11 is 0. The molecule has 2 fully saturated rings. The standard InChI is InChI=1S/C17H25N3O.C11H7F3N2O2/c1-12-3-4-14(13(2)5-12)7-19-8-15-10-20(17(21)6-18)11-16(15)9-19;12-11(13,14)9-8(10(17)18)6-15-16(9)7-4-2-1-3-5-7/h3-5,15-16H,6-11,18H2,1-2H3;1-6H,(H,17,18). The number of amides is 1. The summed E-state index contributed by atoms with van der Waals surface area (Å²) in [7, 11) is 0. The molecule has 3 aromatic rings. The first-order valence-corrected chi connectivity index (χ1v) is 12.7. The highest BCUT2D eigenvalue weighted by Gasteiger charge is 2.41. The summed E-state index contributed by atoms with van der Waals surface area (Å²) in [5.74, 6) is -0.299. The fourth-order valence-electron chi connectivity index (χ4n) is 5.36. The van der Waals surface area contributed by atoms with Gasteiger partial charge < -0.3 is 15.7 Å². The summed E-state index contributed by atoms with van der Waals surface area (Å²) in [6.07, 6.45) is -4.10. The number of likely N-dealkylation sites (tertiary alicyclic amines) is 2. The van der Waals surface area contributed by atoms with E-state index in [0.717, 1.165) is 32.7 Å². The highest BCUT2D eigenvalue weighted by atomic mass is 19.4. The van der Waals surface area contributed by atoms with Crippen molar-refractivity contribution in [2.45, 2.75) is 26.6 Å². The molecule has 0 saturated carbocycles. The number of hydrogen-bond acceptors (Lipinski definition) is 5. The van der Waals surface area contributed by atoms with Gasteiger partial charge in [0.2, 0.25) is 5.91 Å². The van der Waals surface area contributed by atoms with Gasteiger partial charge in [0, 0.05) is 32.7 Å². The van der Waals surface area contributed by atoms with Gasteiger partial charge in [-0.2, -0.15) is 18.3 Å². The molecule has 3 heterocycles. The highest BCUT2D eigenvalue weighted by Crippen LogP contribution is 2.34. The number of carbonyl (C=O) groups excluding carboxylic acids is 1. The Kier molecular flexibility index (Phi) is 8.41. The largest absolute Gasteiger partial charge is 0.478 e. The van der Waals surface area contributed by atoms with Crippen molar-refractivity contribution in [2.75, 3.05) is 32.7 Å². The maximum Gasteiger partial charge on any atom is 0.434 e. The Morgan fingerprint density at radius 2 is 1.67 bits per heavy atom. The smallest absolute Gasteiger partial charge is 0.434 e. The Morgan fingerprint density at radius 1 is 1.03 bits per heavy atom. The first-order chi connectivity index (χ1) is 18.5. The average Bonchev–Trinajstić information content (AvgIpc) is 3.59. The average molecular weight is 544 g/mol. The Balaban J connectivity index is 0.000000183. The quantitative estimate of drug-likeness (QED) is 0.508. The van der Waals surface area contributed by atoms with Gasteiger partial charge >= 0.3 is 12.1 Å². The zero-order valence-electron chi connectivity index (χ0n) is 21.9. The monoisotopic (exact) mass is 543 g/mol. The fourth-order valence-corrected chi connectivity index (χ4v) is 5.36. The van der Waals surface area contributed by atoms with Gasteiger partial charge in [0.15, 0.2) is 5.69 Å². The van der Waals surface area contributed by atoms with Gasteiger partial charge in [0.1, 0.15) is 5.56 Å². The molecule has 11 heteroatoms. The van der Waals surface area contributed by atoms with Crippen LogP contribution in [0.2, 0.25) is 0 Å². The third-order valence-electron chi connectivity index (χ3n) is 7.25. The molecule has 2 aromatic carbocycles. The number of nitrogens with two attached hydrogens (primary N) is 1.